The Bertz CT molecular complexity index is 1080. The summed E-state index contributed by atoms with van der Waals surface area (Å²) in [6.45, 7) is 2.09. The summed E-state index contributed by atoms with van der Waals surface area (Å²) in [5.74, 6) is 1.91. The zero-order valence-corrected chi connectivity index (χ0v) is 15.0. The van der Waals surface area contributed by atoms with Crippen molar-refractivity contribution in [3.05, 3.63) is 66.0 Å². The SMILES string of the molecule is Cc1ccccc1-c1cc(-c2ccc[nH]2)nc(Nc2cc(C3CC3)[nH]n2)n1. The highest BCUT2D eigenvalue weighted by atomic mass is 15.2. The largest absolute Gasteiger partial charge is 0.360 e. The van der Waals surface area contributed by atoms with Crippen LogP contribution in [-0.4, -0.2) is 25.1 Å². The van der Waals surface area contributed by atoms with Crippen molar-refractivity contribution in [1.29, 1.82) is 0 Å². The van der Waals surface area contributed by atoms with Crippen LogP contribution in [0.5, 0.6) is 0 Å². The van der Waals surface area contributed by atoms with Crippen LogP contribution in [0.3, 0.4) is 0 Å². The van der Waals surface area contributed by atoms with Crippen LogP contribution >= 0.6 is 0 Å². The van der Waals surface area contributed by atoms with Crippen LogP contribution in [-0.2, 0) is 0 Å². The van der Waals surface area contributed by atoms with Crippen molar-refractivity contribution in [2.24, 2.45) is 0 Å². The predicted octanol–water partition coefficient (Wildman–Crippen LogP) is 4.79. The Hall–Kier alpha value is -3.41. The molecule has 27 heavy (non-hydrogen) atoms. The molecule has 3 heterocycles. The van der Waals surface area contributed by atoms with Crippen LogP contribution in [0.1, 0.15) is 30.0 Å². The Morgan fingerprint density at radius 3 is 2.63 bits per heavy atom. The first-order valence-corrected chi connectivity index (χ1v) is 9.17. The molecule has 0 atom stereocenters. The molecule has 1 fully saturated rings. The molecule has 6 nitrogen and oxygen atoms in total. The summed E-state index contributed by atoms with van der Waals surface area (Å²) in [5, 5.41) is 10.7. The Morgan fingerprint density at radius 2 is 1.85 bits per heavy atom. The molecule has 1 saturated carbocycles. The summed E-state index contributed by atoms with van der Waals surface area (Å²) in [4.78, 5) is 12.7. The quantitative estimate of drug-likeness (QED) is 0.480. The molecule has 0 saturated heterocycles. The molecule has 1 aliphatic carbocycles. The highest BCUT2D eigenvalue weighted by Gasteiger charge is 2.25. The van der Waals surface area contributed by atoms with E-state index in [0.717, 1.165) is 28.5 Å². The van der Waals surface area contributed by atoms with Crippen molar-refractivity contribution in [2.45, 2.75) is 25.7 Å². The maximum Gasteiger partial charge on any atom is 0.229 e. The number of benzene rings is 1. The van der Waals surface area contributed by atoms with E-state index < -0.39 is 0 Å². The second kappa shape index (κ2) is 6.39. The molecule has 3 aromatic heterocycles. The molecule has 4 aromatic rings. The lowest BCUT2D eigenvalue weighted by molar-refractivity contribution is 0.965. The number of aryl methyl sites for hydroxylation is 1. The van der Waals surface area contributed by atoms with Crippen LogP contribution in [0.2, 0.25) is 0 Å². The van der Waals surface area contributed by atoms with Crippen molar-refractivity contribution in [2.75, 3.05) is 5.32 Å². The smallest absolute Gasteiger partial charge is 0.229 e. The number of hydrogen-bond acceptors (Lipinski definition) is 4. The standard InChI is InChI=1S/C21H20N6/c1-13-5-2-3-6-15(13)18-11-19(16-7-4-10-22-16)24-21(23-18)25-20-12-17(26-27-20)14-8-9-14/h2-7,10-12,14,22H,8-9H2,1H3,(H2,23,24,25,26,27). The van der Waals surface area contributed by atoms with Gasteiger partial charge in [-0.2, -0.15) is 5.10 Å². The maximum absolute atomic E-state index is 4.75. The maximum atomic E-state index is 4.75. The third-order valence-electron chi connectivity index (χ3n) is 4.88. The van der Waals surface area contributed by atoms with Crippen LogP contribution < -0.4 is 5.32 Å². The third kappa shape index (κ3) is 3.21. The average molecular weight is 356 g/mol. The van der Waals surface area contributed by atoms with Gasteiger partial charge in [0.1, 0.15) is 0 Å². The normalized spacial score (nSPS) is 13.7. The summed E-state index contributed by atoms with van der Waals surface area (Å²) < 4.78 is 0. The van der Waals surface area contributed by atoms with Gasteiger partial charge in [-0.1, -0.05) is 24.3 Å². The monoisotopic (exact) mass is 356 g/mol. The summed E-state index contributed by atoms with van der Waals surface area (Å²) >= 11 is 0. The Morgan fingerprint density at radius 1 is 1.00 bits per heavy atom. The summed E-state index contributed by atoms with van der Waals surface area (Å²) in [6, 6.07) is 16.3. The summed E-state index contributed by atoms with van der Waals surface area (Å²) in [7, 11) is 0. The van der Waals surface area contributed by atoms with E-state index in [2.05, 4.69) is 50.6 Å². The minimum absolute atomic E-state index is 0.536. The fraction of sp³-hybridized carbons (Fsp3) is 0.190. The number of rotatable bonds is 5. The van der Waals surface area contributed by atoms with Gasteiger partial charge >= 0.3 is 0 Å². The van der Waals surface area contributed by atoms with Crippen molar-refractivity contribution < 1.29 is 0 Å². The molecule has 0 unspecified atom stereocenters. The van der Waals surface area contributed by atoms with E-state index in [0.29, 0.717) is 11.9 Å². The zero-order chi connectivity index (χ0) is 18.2. The first-order chi connectivity index (χ1) is 13.3. The van der Waals surface area contributed by atoms with Crippen molar-refractivity contribution in [3.63, 3.8) is 0 Å². The van der Waals surface area contributed by atoms with Crippen LogP contribution in [0.15, 0.2) is 54.7 Å². The van der Waals surface area contributed by atoms with E-state index in [9.17, 15) is 0 Å². The molecule has 3 N–H and O–H groups in total. The first kappa shape index (κ1) is 15.8. The fourth-order valence-electron chi connectivity index (χ4n) is 3.25. The second-order valence-electron chi connectivity index (χ2n) is 6.97. The van der Waals surface area contributed by atoms with Crippen molar-refractivity contribution in [1.82, 2.24) is 25.1 Å². The van der Waals surface area contributed by atoms with E-state index in [1.165, 1.54) is 24.1 Å². The van der Waals surface area contributed by atoms with Crippen LogP contribution in [0.4, 0.5) is 11.8 Å². The van der Waals surface area contributed by atoms with Crippen molar-refractivity contribution >= 4 is 11.8 Å². The lowest BCUT2D eigenvalue weighted by atomic mass is 10.0. The van der Waals surface area contributed by atoms with E-state index in [-0.39, 0.29) is 0 Å². The van der Waals surface area contributed by atoms with Gasteiger partial charge in [0.15, 0.2) is 5.82 Å². The molecule has 0 radical (unpaired) electrons. The highest BCUT2D eigenvalue weighted by molar-refractivity contribution is 5.70. The molecule has 0 bridgehead atoms. The van der Waals surface area contributed by atoms with Gasteiger partial charge in [0.05, 0.1) is 17.1 Å². The van der Waals surface area contributed by atoms with Gasteiger partial charge in [-0.05, 0) is 43.5 Å². The van der Waals surface area contributed by atoms with Gasteiger partial charge in [-0.25, -0.2) is 9.97 Å². The van der Waals surface area contributed by atoms with Gasteiger partial charge in [-0.15, -0.1) is 0 Å². The molecule has 0 spiro atoms. The zero-order valence-electron chi connectivity index (χ0n) is 15.0. The number of aromatic amines is 2. The third-order valence-corrected chi connectivity index (χ3v) is 4.88. The number of hydrogen-bond donors (Lipinski definition) is 3. The number of nitrogens with one attached hydrogen (secondary N) is 3. The lowest BCUT2D eigenvalue weighted by Crippen LogP contribution is -2.01. The van der Waals surface area contributed by atoms with E-state index in [4.69, 9.17) is 4.98 Å². The molecular weight excluding hydrogens is 336 g/mol. The Balaban J connectivity index is 1.56. The van der Waals surface area contributed by atoms with Gasteiger partial charge < -0.3 is 10.3 Å². The van der Waals surface area contributed by atoms with Crippen molar-refractivity contribution in [3.8, 4) is 22.6 Å². The number of nitrogens with zero attached hydrogens (tertiary/aromatic N) is 3. The van der Waals surface area contributed by atoms with Gasteiger partial charge in [0.25, 0.3) is 0 Å². The molecule has 5 rings (SSSR count). The fourth-order valence-corrected chi connectivity index (χ4v) is 3.25. The van der Waals surface area contributed by atoms with E-state index in [1.54, 1.807) is 0 Å². The topological polar surface area (TPSA) is 82.3 Å². The minimum atomic E-state index is 0.536. The lowest BCUT2D eigenvalue weighted by Gasteiger charge is -2.10. The molecule has 6 heteroatoms. The highest BCUT2D eigenvalue weighted by Crippen LogP contribution is 2.39. The Labute approximate surface area is 157 Å². The molecule has 1 aromatic carbocycles. The van der Waals surface area contributed by atoms with Gasteiger partial charge in [0, 0.05) is 29.4 Å². The van der Waals surface area contributed by atoms with E-state index >= 15 is 0 Å². The van der Waals surface area contributed by atoms with Crippen LogP contribution in [0, 0.1) is 6.92 Å². The summed E-state index contributed by atoms with van der Waals surface area (Å²) in [5.41, 5.74) is 6.13. The molecular formula is C21H20N6. The number of H-pyrrole nitrogens is 2. The second-order valence-corrected chi connectivity index (χ2v) is 6.97. The molecule has 1 aliphatic rings. The minimum Gasteiger partial charge on any atom is -0.360 e. The van der Waals surface area contributed by atoms with E-state index in [1.807, 2.05) is 36.5 Å². The average Bonchev–Trinajstić information content (AvgIpc) is 3.17. The van der Waals surface area contributed by atoms with Gasteiger partial charge in [-0.3, -0.25) is 5.10 Å². The van der Waals surface area contributed by atoms with Crippen LogP contribution in [0.25, 0.3) is 22.6 Å². The number of aromatic nitrogens is 5. The van der Waals surface area contributed by atoms with Gasteiger partial charge in [0.2, 0.25) is 5.95 Å². The summed E-state index contributed by atoms with van der Waals surface area (Å²) in [6.07, 6.45) is 4.36. The molecule has 134 valence electrons. The number of anilines is 2. The molecule has 0 amide bonds. The first-order valence-electron chi connectivity index (χ1n) is 9.17. The predicted molar refractivity (Wildman–Crippen MR) is 106 cm³/mol. The molecule has 0 aliphatic heterocycles. The Kier molecular flexibility index (Phi) is 3.74.